The Morgan fingerprint density at radius 2 is 2.10 bits per heavy atom. The van der Waals surface area contributed by atoms with Crippen LogP contribution in [-0.2, 0) is 14.8 Å². The second kappa shape index (κ2) is 6.44. The number of hydrogen-bond acceptors (Lipinski definition) is 5. The lowest BCUT2D eigenvalue weighted by Gasteiger charge is -2.16. The summed E-state index contributed by atoms with van der Waals surface area (Å²) in [4.78, 5) is 20.1. The molecule has 0 unspecified atom stereocenters. The fraction of sp³-hybridized carbons (Fsp3) is 0.364. The first-order valence-electron chi connectivity index (χ1n) is 5.67. The summed E-state index contributed by atoms with van der Waals surface area (Å²) in [5.41, 5.74) is -0.315. The zero-order valence-electron chi connectivity index (χ0n) is 10.7. The van der Waals surface area contributed by atoms with E-state index in [-0.39, 0.29) is 30.0 Å². The van der Waals surface area contributed by atoms with Gasteiger partial charge in [-0.3, -0.25) is 14.9 Å². The molecule has 0 aromatic heterocycles. The van der Waals surface area contributed by atoms with E-state index in [4.69, 9.17) is 5.11 Å². The first kappa shape index (κ1) is 16.1. The normalized spacial score (nSPS) is 11.5. The summed E-state index contributed by atoms with van der Waals surface area (Å²) in [5.74, 6) is -1.01. The Hall–Kier alpha value is -2.00. The van der Waals surface area contributed by atoms with Crippen molar-refractivity contribution < 1.29 is 23.2 Å². The number of carboxylic acids is 1. The number of carbonyl (C=O) groups is 1. The minimum atomic E-state index is -3.86. The predicted molar refractivity (Wildman–Crippen MR) is 69.8 cm³/mol. The van der Waals surface area contributed by atoms with E-state index in [1.165, 1.54) is 25.2 Å². The first-order valence-corrected chi connectivity index (χ1v) is 7.11. The molecule has 8 nitrogen and oxygen atoms in total. The lowest BCUT2D eigenvalue weighted by molar-refractivity contribution is -0.385. The van der Waals surface area contributed by atoms with E-state index in [1.54, 1.807) is 0 Å². The van der Waals surface area contributed by atoms with Crippen molar-refractivity contribution in [3.8, 4) is 0 Å². The van der Waals surface area contributed by atoms with Crippen molar-refractivity contribution >= 4 is 21.7 Å². The summed E-state index contributed by atoms with van der Waals surface area (Å²) in [6.45, 7) is 0.0251. The molecule has 1 N–H and O–H groups in total. The standard InChI is InChI=1S/C11H14N2O6S/c1-12(7-3-6-11(14)15)20(18,19)10-5-2-4-9(8-10)13(16)17/h2,4-5,8H,3,6-7H2,1H3,(H,14,15). The van der Waals surface area contributed by atoms with E-state index in [0.717, 1.165) is 10.4 Å². The Morgan fingerprint density at radius 3 is 2.65 bits per heavy atom. The van der Waals surface area contributed by atoms with Crippen LogP contribution in [0.4, 0.5) is 5.69 Å². The van der Waals surface area contributed by atoms with Crippen LogP contribution >= 0.6 is 0 Å². The van der Waals surface area contributed by atoms with Gasteiger partial charge in [-0.2, -0.15) is 0 Å². The summed E-state index contributed by atoms with van der Waals surface area (Å²) in [5, 5.41) is 19.1. The maximum Gasteiger partial charge on any atom is 0.303 e. The van der Waals surface area contributed by atoms with Crippen LogP contribution in [0.3, 0.4) is 0 Å². The number of sulfonamides is 1. The van der Waals surface area contributed by atoms with Crippen LogP contribution < -0.4 is 0 Å². The van der Waals surface area contributed by atoms with Gasteiger partial charge in [0.2, 0.25) is 10.0 Å². The summed E-state index contributed by atoms with van der Waals surface area (Å²) < 4.78 is 25.3. The van der Waals surface area contributed by atoms with Crippen molar-refractivity contribution in [2.24, 2.45) is 0 Å². The van der Waals surface area contributed by atoms with Gasteiger partial charge in [0.1, 0.15) is 0 Å². The summed E-state index contributed by atoms with van der Waals surface area (Å²) in [6, 6.07) is 4.72. The molecule has 0 saturated heterocycles. The van der Waals surface area contributed by atoms with Crippen molar-refractivity contribution in [1.29, 1.82) is 0 Å². The van der Waals surface area contributed by atoms with Gasteiger partial charge in [0.25, 0.3) is 5.69 Å². The molecule has 0 saturated carbocycles. The molecule has 0 aliphatic carbocycles. The Kier molecular flexibility index (Phi) is 5.17. The molecule has 110 valence electrons. The van der Waals surface area contributed by atoms with Crippen LogP contribution in [0.1, 0.15) is 12.8 Å². The Labute approximate surface area is 115 Å². The molecule has 0 fully saturated rings. The van der Waals surface area contributed by atoms with Crippen molar-refractivity contribution in [2.45, 2.75) is 17.7 Å². The quantitative estimate of drug-likeness (QED) is 0.594. The molecule has 20 heavy (non-hydrogen) atoms. The second-order valence-corrected chi connectivity index (χ2v) is 6.12. The van der Waals surface area contributed by atoms with Crippen molar-refractivity contribution in [3.63, 3.8) is 0 Å². The monoisotopic (exact) mass is 302 g/mol. The number of benzene rings is 1. The van der Waals surface area contributed by atoms with Gasteiger partial charge >= 0.3 is 5.97 Å². The molecule has 0 spiro atoms. The number of nitro groups is 1. The van der Waals surface area contributed by atoms with E-state index in [9.17, 15) is 23.3 Å². The van der Waals surface area contributed by atoms with Crippen LogP contribution in [0, 0.1) is 10.1 Å². The van der Waals surface area contributed by atoms with E-state index < -0.39 is 20.9 Å². The average molecular weight is 302 g/mol. The fourth-order valence-electron chi connectivity index (χ4n) is 1.51. The molecule has 9 heteroatoms. The van der Waals surface area contributed by atoms with Gasteiger partial charge in [-0.15, -0.1) is 0 Å². The zero-order chi connectivity index (χ0) is 15.3. The number of aliphatic carboxylic acids is 1. The number of hydrogen-bond donors (Lipinski definition) is 1. The Balaban J connectivity index is 2.89. The van der Waals surface area contributed by atoms with Crippen LogP contribution in [0.5, 0.6) is 0 Å². The molecule has 0 bridgehead atoms. The van der Waals surface area contributed by atoms with E-state index >= 15 is 0 Å². The number of non-ortho nitro benzene ring substituents is 1. The predicted octanol–water partition coefficient (Wildman–Crippen LogP) is 1.08. The summed E-state index contributed by atoms with van der Waals surface area (Å²) in [6.07, 6.45) is 0.0226. The molecule has 0 amide bonds. The topological polar surface area (TPSA) is 118 Å². The van der Waals surface area contributed by atoms with Crippen molar-refractivity contribution in [2.75, 3.05) is 13.6 Å². The SMILES string of the molecule is CN(CCCC(=O)O)S(=O)(=O)c1cccc([N+](=O)[O-])c1. The number of nitrogens with zero attached hydrogens (tertiary/aromatic N) is 2. The lowest BCUT2D eigenvalue weighted by Crippen LogP contribution is -2.28. The van der Waals surface area contributed by atoms with E-state index in [2.05, 4.69) is 0 Å². The molecule has 1 aromatic rings. The van der Waals surface area contributed by atoms with Crippen molar-refractivity contribution in [1.82, 2.24) is 4.31 Å². The Bertz CT molecular complexity index is 613. The first-order chi connectivity index (χ1) is 9.25. The summed E-state index contributed by atoms with van der Waals surface area (Å²) in [7, 11) is -2.56. The van der Waals surface area contributed by atoms with Crippen LogP contribution in [0.2, 0.25) is 0 Å². The van der Waals surface area contributed by atoms with Gasteiger partial charge in [0, 0.05) is 32.1 Å². The highest BCUT2D eigenvalue weighted by molar-refractivity contribution is 7.89. The molecule has 0 heterocycles. The molecule has 1 aromatic carbocycles. The van der Waals surface area contributed by atoms with Crippen LogP contribution in [-0.4, -0.2) is 42.3 Å². The second-order valence-electron chi connectivity index (χ2n) is 4.08. The lowest BCUT2D eigenvalue weighted by atomic mass is 10.3. The molecule has 0 atom stereocenters. The molecule has 0 aliphatic heterocycles. The highest BCUT2D eigenvalue weighted by Gasteiger charge is 2.22. The minimum Gasteiger partial charge on any atom is -0.481 e. The zero-order valence-corrected chi connectivity index (χ0v) is 11.5. The maximum atomic E-state index is 12.1. The minimum absolute atomic E-state index is 0.0251. The third-order valence-electron chi connectivity index (χ3n) is 2.60. The number of nitro benzene ring substituents is 1. The van der Waals surface area contributed by atoms with Crippen LogP contribution in [0.15, 0.2) is 29.2 Å². The maximum absolute atomic E-state index is 12.1. The molecule has 0 radical (unpaired) electrons. The third kappa shape index (κ3) is 4.00. The number of carboxylic acid groups (broad SMARTS) is 1. The molecular formula is C11H14N2O6S. The van der Waals surface area contributed by atoms with Crippen LogP contribution in [0.25, 0.3) is 0 Å². The Morgan fingerprint density at radius 1 is 1.45 bits per heavy atom. The fourth-order valence-corrected chi connectivity index (χ4v) is 2.76. The van der Waals surface area contributed by atoms with Gasteiger partial charge in [-0.25, -0.2) is 12.7 Å². The largest absolute Gasteiger partial charge is 0.481 e. The highest BCUT2D eigenvalue weighted by atomic mass is 32.2. The van der Waals surface area contributed by atoms with E-state index in [1.807, 2.05) is 0 Å². The van der Waals surface area contributed by atoms with E-state index in [0.29, 0.717) is 0 Å². The van der Waals surface area contributed by atoms with Gasteiger partial charge in [0.05, 0.1) is 9.82 Å². The third-order valence-corrected chi connectivity index (χ3v) is 4.45. The molecule has 1 rings (SSSR count). The van der Waals surface area contributed by atoms with Crippen molar-refractivity contribution in [3.05, 3.63) is 34.4 Å². The summed E-state index contributed by atoms with van der Waals surface area (Å²) >= 11 is 0. The van der Waals surface area contributed by atoms with Gasteiger partial charge < -0.3 is 5.11 Å². The molecule has 0 aliphatic rings. The highest BCUT2D eigenvalue weighted by Crippen LogP contribution is 2.20. The van der Waals surface area contributed by atoms with Gasteiger partial charge in [-0.1, -0.05) is 6.07 Å². The molecular weight excluding hydrogens is 288 g/mol. The average Bonchev–Trinajstić information content (AvgIpc) is 2.38. The van der Waals surface area contributed by atoms with Gasteiger partial charge in [-0.05, 0) is 12.5 Å². The smallest absolute Gasteiger partial charge is 0.303 e. The number of rotatable bonds is 7. The van der Waals surface area contributed by atoms with Gasteiger partial charge in [0.15, 0.2) is 0 Å².